The first kappa shape index (κ1) is 17.2. The van der Waals surface area contributed by atoms with Crippen LogP contribution in [0.4, 0.5) is 0 Å². The quantitative estimate of drug-likeness (QED) is 0.692. The van der Waals surface area contributed by atoms with Gasteiger partial charge in [0.25, 0.3) is 0 Å². The third kappa shape index (κ3) is 6.06. The molecule has 0 aliphatic rings. The molecule has 0 fully saturated rings. The summed E-state index contributed by atoms with van der Waals surface area (Å²) in [4.78, 5) is 2.48. The Labute approximate surface area is 125 Å². The molecule has 0 aliphatic carbocycles. The number of benzene rings is 1. The van der Waals surface area contributed by atoms with Crippen LogP contribution in [0.1, 0.15) is 45.2 Å². The monoisotopic (exact) mass is 276 g/mol. The molecule has 0 radical (unpaired) electrons. The number of nitrogens with zero attached hydrogens (tertiary/aromatic N) is 1. The van der Waals surface area contributed by atoms with Gasteiger partial charge in [-0.15, -0.1) is 0 Å². The fourth-order valence-electron chi connectivity index (χ4n) is 2.64. The van der Waals surface area contributed by atoms with Gasteiger partial charge in [0, 0.05) is 12.6 Å². The van der Waals surface area contributed by atoms with Crippen LogP contribution in [0.5, 0.6) is 0 Å². The van der Waals surface area contributed by atoms with Crippen molar-refractivity contribution in [3.8, 4) is 0 Å². The molecule has 0 saturated heterocycles. The van der Waals surface area contributed by atoms with Crippen LogP contribution >= 0.6 is 0 Å². The van der Waals surface area contributed by atoms with Crippen LogP contribution in [0.3, 0.4) is 0 Å². The average molecular weight is 276 g/mol. The van der Waals surface area contributed by atoms with E-state index in [1.807, 2.05) is 0 Å². The van der Waals surface area contributed by atoms with Gasteiger partial charge in [-0.3, -0.25) is 4.90 Å². The Bertz CT molecular complexity index is 373. The molecule has 114 valence electrons. The molecule has 1 N–H and O–H groups in total. The minimum absolute atomic E-state index is 0.636. The molecule has 2 nitrogen and oxygen atoms in total. The van der Waals surface area contributed by atoms with Crippen LogP contribution in [0, 0.1) is 5.92 Å². The lowest BCUT2D eigenvalue weighted by Crippen LogP contribution is -2.30. The van der Waals surface area contributed by atoms with E-state index in [-0.39, 0.29) is 0 Å². The minimum atomic E-state index is 0.636. The summed E-state index contributed by atoms with van der Waals surface area (Å²) in [6, 6.07) is 9.50. The summed E-state index contributed by atoms with van der Waals surface area (Å²) in [7, 11) is 2.24. The second-order valence-corrected chi connectivity index (χ2v) is 6.27. The highest BCUT2D eigenvalue weighted by molar-refractivity contribution is 5.27. The second-order valence-electron chi connectivity index (χ2n) is 6.27. The highest BCUT2D eigenvalue weighted by Crippen LogP contribution is 2.16. The van der Waals surface area contributed by atoms with Gasteiger partial charge < -0.3 is 5.32 Å². The largest absolute Gasteiger partial charge is 0.317 e. The van der Waals surface area contributed by atoms with Gasteiger partial charge in [0.2, 0.25) is 0 Å². The predicted molar refractivity (Wildman–Crippen MR) is 89.1 cm³/mol. The summed E-state index contributed by atoms with van der Waals surface area (Å²) in [6.45, 7) is 12.3. The number of nitrogens with one attached hydrogen (secondary N) is 1. The maximum Gasteiger partial charge on any atom is 0.0236 e. The summed E-state index contributed by atoms with van der Waals surface area (Å²) >= 11 is 0. The lowest BCUT2D eigenvalue weighted by atomic mass is 10.0. The Morgan fingerprint density at radius 3 is 2.35 bits per heavy atom. The standard InChI is InChI=1S/C18H32N2/c1-6-19-12-11-17-9-7-8-10-18(17)14-20(5)16(4)13-15(2)3/h7-10,15-16,19H,6,11-14H2,1-5H3. The van der Waals surface area contributed by atoms with Gasteiger partial charge in [-0.25, -0.2) is 0 Å². The molecule has 0 aromatic heterocycles. The van der Waals surface area contributed by atoms with E-state index >= 15 is 0 Å². The van der Waals surface area contributed by atoms with E-state index < -0.39 is 0 Å². The molecule has 0 bridgehead atoms. The highest BCUT2D eigenvalue weighted by Gasteiger charge is 2.12. The van der Waals surface area contributed by atoms with Gasteiger partial charge in [-0.05, 0) is 56.9 Å². The van der Waals surface area contributed by atoms with Crippen molar-refractivity contribution in [2.45, 2.75) is 53.1 Å². The molecule has 1 unspecified atom stereocenters. The maximum atomic E-state index is 3.41. The van der Waals surface area contributed by atoms with Gasteiger partial charge in [0.05, 0.1) is 0 Å². The highest BCUT2D eigenvalue weighted by atomic mass is 15.1. The van der Waals surface area contributed by atoms with Crippen LogP contribution < -0.4 is 5.32 Å². The Morgan fingerprint density at radius 1 is 1.10 bits per heavy atom. The Morgan fingerprint density at radius 2 is 1.75 bits per heavy atom. The molecule has 0 amide bonds. The summed E-state index contributed by atoms with van der Waals surface area (Å²) in [5.74, 6) is 0.761. The Hall–Kier alpha value is -0.860. The third-order valence-corrected chi connectivity index (χ3v) is 3.92. The number of hydrogen-bond donors (Lipinski definition) is 1. The zero-order valence-corrected chi connectivity index (χ0v) is 13.9. The number of likely N-dealkylation sites (N-methyl/N-ethyl adjacent to an activating group) is 1. The first-order valence-corrected chi connectivity index (χ1v) is 8.02. The predicted octanol–water partition coefficient (Wildman–Crippen LogP) is 3.71. The second kappa shape index (κ2) is 9.15. The summed E-state index contributed by atoms with van der Waals surface area (Å²) < 4.78 is 0. The molecule has 1 aromatic rings. The van der Waals surface area contributed by atoms with E-state index in [0.29, 0.717) is 6.04 Å². The molecule has 1 aromatic carbocycles. The maximum absolute atomic E-state index is 3.41. The fraction of sp³-hybridized carbons (Fsp3) is 0.667. The molecule has 1 atom stereocenters. The lowest BCUT2D eigenvalue weighted by Gasteiger charge is -2.27. The molecule has 0 saturated carbocycles. The van der Waals surface area contributed by atoms with Crippen molar-refractivity contribution in [2.75, 3.05) is 20.1 Å². The number of hydrogen-bond acceptors (Lipinski definition) is 2. The Balaban J connectivity index is 2.61. The van der Waals surface area contributed by atoms with Crippen LogP contribution in [0.25, 0.3) is 0 Å². The van der Waals surface area contributed by atoms with Gasteiger partial charge in [0.1, 0.15) is 0 Å². The molecule has 0 spiro atoms. The van der Waals surface area contributed by atoms with Gasteiger partial charge in [-0.1, -0.05) is 45.0 Å². The van der Waals surface area contributed by atoms with Crippen molar-refractivity contribution in [3.63, 3.8) is 0 Å². The van der Waals surface area contributed by atoms with E-state index in [1.165, 1.54) is 17.5 Å². The Kier molecular flexibility index (Phi) is 7.86. The van der Waals surface area contributed by atoms with Crippen molar-refractivity contribution < 1.29 is 0 Å². The molecule has 1 rings (SSSR count). The van der Waals surface area contributed by atoms with E-state index in [4.69, 9.17) is 0 Å². The molecular weight excluding hydrogens is 244 g/mol. The van der Waals surface area contributed by atoms with Crippen molar-refractivity contribution >= 4 is 0 Å². The number of rotatable bonds is 9. The zero-order valence-electron chi connectivity index (χ0n) is 13.9. The van der Waals surface area contributed by atoms with Crippen LogP contribution in [-0.4, -0.2) is 31.1 Å². The summed E-state index contributed by atoms with van der Waals surface area (Å²) in [5, 5.41) is 3.41. The summed E-state index contributed by atoms with van der Waals surface area (Å²) in [6.07, 6.45) is 2.38. The van der Waals surface area contributed by atoms with Crippen molar-refractivity contribution in [3.05, 3.63) is 35.4 Å². The zero-order chi connectivity index (χ0) is 15.0. The molecule has 20 heavy (non-hydrogen) atoms. The average Bonchev–Trinajstić information content (AvgIpc) is 2.40. The van der Waals surface area contributed by atoms with Gasteiger partial charge >= 0.3 is 0 Å². The first-order valence-electron chi connectivity index (χ1n) is 8.02. The van der Waals surface area contributed by atoms with Crippen molar-refractivity contribution in [1.29, 1.82) is 0 Å². The van der Waals surface area contributed by atoms with E-state index in [0.717, 1.165) is 32.0 Å². The van der Waals surface area contributed by atoms with Crippen molar-refractivity contribution in [2.24, 2.45) is 5.92 Å². The van der Waals surface area contributed by atoms with Gasteiger partial charge in [0.15, 0.2) is 0 Å². The van der Waals surface area contributed by atoms with Crippen LogP contribution in [0.2, 0.25) is 0 Å². The van der Waals surface area contributed by atoms with E-state index in [1.54, 1.807) is 0 Å². The molecular formula is C18H32N2. The molecule has 0 heterocycles. The van der Waals surface area contributed by atoms with Crippen LogP contribution in [-0.2, 0) is 13.0 Å². The SMILES string of the molecule is CCNCCc1ccccc1CN(C)C(C)CC(C)C. The van der Waals surface area contributed by atoms with Crippen molar-refractivity contribution in [1.82, 2.24) is 10.2 Å². The first-order chi connectivity index (χ1) is 9.54. The van der Waals surface area contributed by atoms with Gasteiger partial charge in [-0.2, -0.15) is 0 Å². The van der Waals surface area contributed by atoms with Crippen LogP contribution in [0.15, 0.2) is 24.3 Å². The normalized spacial score (nSPS) is 13.2. The topological polar surface area (TPSA) is 15.3 Å². The molecule has 2 heteroatoms. The van der Waals surface area contributed by atoms with E-state index in [9.17, 15) is 0 Å². The lowest BCUT2D eigenvalue weighted by molar-refractivity contribution is 0.220. The third-order valence-electron chi connectivity index (χ3n) is 3.92. The minimum Gasteiger partial charge on any atom is -0.317 e. The molecule has 0 aliphatic heterocycles. The smallest absolute Gasteiger partial charge is 0.0236 e. The summed E-state index contributed by atoms with van der Waals surface area (Å²) in [5.41, 5.74) is 2.96. The fourth-order valence-corrected chi connectivity index (χ4v) is 2.64. The van der Waals surface area contributed by atoms with E-state index in [2.05, 4.69) is 69.2 Å².